The predicted molar refractivity (Wildman–Crippen MR) is 73.9 cm³/mol. The highest BCUT2D eigenvalue weighted by molar-refractivity contribution is 7.09. The maximum Gasteiger partial charge on any atom is 0.434 e. The van der Waals surface area contributed by atoms with Gasteiger partial charge in [-0.3, -0.25) is 5.32 Å². The summed E-state index contributed by atoms with van der Waals surface area (Å²) in [7, 11) is 1.25. The van der Waals surface area contributed by atoms with E-state index in [1.165, 1.54) is 7.11 Å². The molecular weight excluding hydrogens is 321 g/mol. The standard InChI is InChI=1S/C13H11F3N2O3S/c1-20-12(19)17-8-2-4-9(5-3-8)21-6-11-18-10(7-22-11)13(14,15)16/h2-5,7H,6H2,1H3,(H,17,19). The Hall–Kier alpha value is -2.29. The lowest BCUT2D eigenvalue weighted by Crippen LogP contribution is -2.10. The summed E-state index contributed by atoms with van der Waals surface area (Å²) in [5.41, 5.74) is -0.415. The summed E-state index contributed by atoms with van der Waals surface area (Å²) in [5.74, 6) is 0.444. The van der Waals surface area contributed by atoms with E-state index in [9.17, 15) is 18.0 Å². The van der Waals surface area contributed by atoms with Crippen molar-refractivity contribution < 1.29 is 27.4 Å². The van der Waals surface area contributed by atoms with Gasteiger partial charge in [0.05, 0.1) is 7.11 Å². The third kappa shape index (κ3) is 4.35. The number of carbonyl (C=O) groups excluding carboxylic acids is 1. The second kappa shape index (κ2) is 6.65. The first kappa shape index (κ1) is 16.1. The number of nitrogens with zero attached hydrogens (tertiary/aromatic N) is 1. The van der Waals surface area contributed by atoms with Gasteiger partial charge in [-0.05, 0) is 24.3 Å². The third-order valence-corrected chi connectivity index (χ3v) is 3.31. The number of hydrogen-bond acceptors (Lipinski definition) is 5. The second-order valence-corrected chi connectivity index (χ2v) is 5.00. The highest BCUT2D eigenvalue weighted by atomic mass is 32.1. The number of amides is 1. The molecule has 22 heavy (non-hydrogen) atoms. The zero-order valence-electron chi connectivity index (χ0n) is 11.3. The average Bonchev–Trinajstić information content (AvgIpc) is 2.95. The van der Waals surface area contributed by atoms with Crippen LogP contribution in [-0.2, 0) is 17.5 Å². The van der Waals surface area contributed by atoms with Crippen molar-refractivity contribution in [3.63, 3.8) is 0 Å². The molecule has 0 radical (unpaired) electrons. The fraction of sp³-hybridized carbons (Fsp3) is 0.231. The van der Waals surface area contributed by atoms with Crippen molar-refractivity contribution in [1.82, 2.24) is 4.98 Å². The first-order valence-corrected chi connectivity index (χ1v) is 6.86. The van der Waals surface area contributed by atoms with E-state index in [0.29, 0.717) is 11.4 Å². The lowest BCUT2D eigenvalue weighted by molar-refractivity contribution is -0.140. The van der Waals surface area contributed by atoms with Crippen LogP contribution in [0.15, 0.2) is 29.6 Å². The molecule has 1 aromatic heterocycles. The molecule has 1 aromatic carbocycles. The summed E-state index contributed by atoms with van der Waals surface area (Å²) in [6.45, 7) is -0.0650. The predicted octanol–water partition coefficient (Wildman–Crippen LogP) is 3.92. The Kier molecular flexibility index (Phi) is 4.86. The molecule has 5 nitrogen and oxygen atoms in total. The number of rotatable bonds is 4. The van der Waals surface area contributed by atoms with Gasteiger partial charge in [0.2, 0.25) is 0 Å². The Labute approximate surface area is 127 Å². The minimum atomic E-state index is -4.45. The number of nitrogens with one attached hydrogen (secondary N) is 1. The Bertz CT molecular complexity index is 641. The van der Waals surface area contributed by atoms with Crippen molar-refractivity contribution in [2.45, 2.75) is 12.8 Å². The molecule has 0 spiro atoms. The van der Waals surface area contributed by atoms with E-state index in [2.05, 4.69) is 15.0 Å². The van der Waals surface area contributed by atoms with E-state index in [4.69, 9.17) is 4.74 Å². The third-order valence-electron chi connectivity index (χ3n) is 2.49. The van der Waals surface area contributed by atoms with Gasteiger partial charge in [0.25, 0.3) is 0 Å². The van der Waals surface area contributed by atoms with Crippen molar-refractivity contribution in [1.29, 1.82) is 0 Å². The number of benzene rings is 1. The molecule has 0 aliphatic carbocycles. The Morgan fingerprint density at radius 1 is 1.32 bits per heavy atom. The van der Waals surface area contributed by atoms with E-state index < -0.39 is 18.0 Å². The molecule has 2 rings (SSSR count). The quantitative estimate of drug-likeness (QED) is 0.922. The second-order valence-electron chi connectivity index (χ2n) is 4.05. The number of aromatic nitrogens is 1. The highest BCUT2D eigenvalue weighted by Crippen LogP contribution is 2.30. The first-order valence-electron chi connectivity index (χ1n) is 5.98. The molecule has 2 aromatic rings. The zero-order chi connectivity index (χ0) is 16.2. The molecule has 1 N–H and O–H groups in total. The van der Waals surface area contributed by atoms with Crippen molar-refractivity contribution in [2.24, 2.45) is 0 Å². The van der Waals surface area contributed by atoms with Crippen LogP contribution in [-0.4, -0.2) is 18.2 Å². The van der Waals surface area contributed by atoms with Crippen LogP contribution in [0.2, 0.25) is 0 Å². The van der Waals surface area contributed by atoms with Crippen LogP contribution in [0.25, 0.3) is 0 Å². The van der Waals surface area contributed by atoms with Crippen LogP contribution in [0.1, 0.15) is 10.7 Å². The highest BCUT2D eigenvalue weighted by Gasteiger charge is 2.33. The van der Waals surface area contributed by atoms with E-state index in [1.54, 1.807) is 24.3 Å². The van der Waals surface area contributed by atoms with Gasteiger partial charge in [-0.25, -0.2) is 9.78 Å². The minimum absolute atomic E-state index is 0.0650. The smallest absolute Gasteiger partial charge is 0.434 e. The lowest BCUT2D eigenvalue weighted by Gasteiger charge is -2.06. The van der Waals surface area contributed by atoms with Crippen LogP contribution in [0.3, 0.4) is 0 Å². The molecule has 0 fully saturated rings. The van der Waals surface area contributed by atoms with Gasteiger partial charge in [0.1, 0.15) is 17.4 Å². The van der Waals surface area contributed by atoms with Gasteiger partial charge >= 0.3 is 12.3 Å². The Morgan fingerprint density at radius 3 is 2.55 bits per heavy atom. The number of thiazole rings is 1. The van der Waals surface area contributed by atoms with Gasteiger partial charge in [-0.2, -0.15) is 13.2 Å². The summed E-state index contributed by atoms with van der Waals surface area (Å²) in [6, 6.07) is 6.30. The average molecular weight is 332 g/mol. The van der Waals surface area contributed by atoms with Gasteiger partial charge in [-0.1, -0.05) is 0 Å². The van der Waals surface area contributed by atoms with Crippen LogP contribution in [0.5, 0.6) is 5.75 Å². The van der Waals surface area contributed by atoms with Crippen LogP contribution in [0, 0.1) is 0 Å². The number of halogens is 3. The van der Waals surface area contributed by atoms with Crippen LogP contribution >= 0.6 is 11.3 Å². The number of methoxy groups -OCH3 is 1. The lowest BCUT2D eigenvalue weighted by atomic mass is 10.3. The number of anilines is 1. The van der Waals surface area contributed by atoms with Crippen molar-refractivity contribution in [3.05, 3.63) is 40.3 Å². The molecule has 0 bridgehead atoms. The van der Waals surface area contributed by atoms with Gasteiger partial charge < -0.3 is 9.47 Å². The fourth-order valence-electron chi connectivity index (χ4n) is 1.46. The van der Waals surface area contributed by atoms with Crippen LogP contribution in [0.4, 0.5) is 23.7 Å². The van der Waals surface area contributed by atoms with Crippen molar-refractivity contribution >= 4 is 23.1 Å². The minimum Gasteiger partial charge on any atom is -0.486 e. The van der Waals surface area contributed by atoms with Gasteiger partial charge in [-0.15, -0.1) is 11.3 Å². The van der Waals surface area contributed by atoms with E-state index >= 15 is 0 Å². The molecule has 0 saturated carbocycles. The number of hydrogen-bond donors (Lipinski definition) is 1. The molecule has 0 aliphatic heterocycles. The van der Waals surface area contributed by atoms with E-state index in [0.717, 1.165) is 16.7 Å². The molecule has 9 heteroatoms. The molecule has 0 saturated heterocycles. The monoisotopic (exact) mass is 332 g/mol. The topological polar surface area (TPSA) is 60.5 Å². The summed E-state index contributed by atoms with van der Waals surface area (Å²) >= 11 is 0.881. The fourth-order valence-corrected chi connectivity index (χ4v) is 2.17. The number of carbonyl (C=O) groups is 1. The normalized spacial score (nSPS) is 11.1. The molecule has 0 unspecified atom stereocenters. The molecule has 0 atom stereocenters. The Balaban J connectivity index is 1.92. The van der Waals surface area contributed by atoms with Crippen molar-refractivity contribution in [3.8, 4) is 5.75 Å². The number of alkyl halides is 3. The number of ether oxygens (including phenoxy) is 2. The van der Waals surface area contributed by atoms with Gasteiger partial charge in [0, 0.05) is 11.1 Å². The summed E-state index contributed by atoms with van der Waals surface area (Å²) < 4.78 is 47.0. The van der Waals surface area contributed by atoms with Crippen molar-refractivity contribution in [2.75, 3.05) is 12.4 Å². The molecular formula is C13H11F3N2O3S. The molecule has 1 amide bonds. The maximum atomic E-state index is 12.4. The van der Waals surface area contributed by atoms with Crippen LogP contribution < -0.4 is 10.1 Å². The van der Waals surface area contributed by atoms with Gasteiger partial charge in [0.15, 0.2) is 5.69 Å². The first-order chi connectivity index (χ1) is 10.4. The van der Waals surface area contributed by atoms with E-state index in [1.807, 2.05) is 0 Å². The SMILES string of the molecule is COC(=O)Nc1ccc(OCc2nc(C(F)(F)F)cs2)cc1. The molecule has 118 valence electrons. The Morgan fingerprint density at radius 2 is 2.00 bits per heavy atom. The molecule has 0 aliphatic rings. The largest absolute Gasteiger partial charge is 0.486 e. The summed E-state index contributed by atoms with van der Waals surface area (Å²) in [4.78, 5) is 14.5. The van der Waals surface area contributed by atoms with E-state index in [-0.39, 0.29) is 11.6 Å². The maximum absolute atomic E-state index is 12.4. The summed E-state index contributed by atoms with van der Waals surface area (Å²) in [5, 5.41) is 3.63. The summed E-state index contributed by atoms with van der Waals surface area (Å²) in [6.07, 6.45) is -5.05. The molecule has 1 heterocycles. The zero-order valence-corrected chi connectivity index (χ0v) is 12.1.